The fourth-order valence-corrected chi connectivity index (χ4v) is 2.50. The van der Waals surface area contributed by atoms with Crippen molar-refractivity contribution in [1.82, 2.24) is 4.90 Å². The zero-order valence-corrected chi connectivity index (χ0v) is 12.3. The highest BCUT2D eigenvalue weighted by molar-refractivity contribution is 5.92. The number of likely N-dealkylation sites (tertiary alicyclic amines) is 1. The lowest BCUT2D eigenvalue weighted by molar-refractivity contribution is -0.137. The van der Waals surface area contributed by atoms with Crippen LogP contribution in [0.3, 0.4) is 0 Å². The van der Waals surface area contributed by atoms with E-state index in [2.05, 4.69) is 0 Å². The van der Waals surface area contributed by atoms with Crippen molar-refractivity contribution in [3.8, 4) is 0 Å². The molecule has 1 fully saturated rings. The Morgan fingerprint density at radius 1 is 1.30 bits per heavy atom. The SMILES string of the molecule is NC(=O)[C@@H]1CCCN(C(=O)/C=C/c2cccc(C(F)(F)F)c2)C1. The summed E-state index contributed by atoms with van der Waals surface area (Å²) < 4.78 is 37.9. The third-order valence-electron chi connectivity index (χ3n) is 3.77. The zero-order valence-electron chi connectivity index (χ0n) is 12.3. The number of nitrogens with zero attached hydrogens (tertiary/aromatic N) is 1. The van der Waals surface area contributed by atoms with E-state index in [4.69, 9.17) is 5.73 Å². The van der Waals surface area contributed by atoms with Crippen LogP contribution in [0.25, 0.3) is 6.08 Å². The number of benzene rings is 1. The van der Waals surface area contributed by atoms with Gasteiger partial charge in [0.1, 0.15) is 0 Å². The largest absolute Gasteiger partial charge is 0.416 e. The maximum Gasteiger partial charge on any atom is 0.416 e. The van der Waals surface area contributed by atoms with Crippen molar-refractivity contribution in [2.24, 2.45) is 11.7 Å². The Morgan fingerprint density at radius 3 is 2.70 bits per heavy atom. The fraction of sp³-hybridized carbons (Fsp3) is 0.375. The molecule has 1 aromatic rings. The number of rotatable bonds is 3. The number of nitrogens with two attached hydrogens (primary N) is 1. The molecule has 0 unspecified atom stereocenters. The number of hydrogen-bond donors (Lipinski definition) is 1. The number of piperidine rings is 1. The van der Waals surface area contributed by atoms with Crippen LogP contribution in [0.1, 0.15) is 24.0 Å². The molecule has 1 aliphatic heterocycles. The maximum absolute atomic E-state index is 12.6. The Bertz CT molecular complexity index is 626. The van der Waals surface area contributed by atoms with Crippen LogP contribution in [-0.2, 0) is 15.8 Å². The van der Waals surface area contributed by atoms with Gasteiger partial charge in [-0.3, -0.25) is 9.59 Å². The van der Waals surface area contributed by atoms with Crippen molar-refractivity contribution in [3.05, 3.63) is 41.5 Å². The Labute approximate surface area is 131 Å². The first-order valence-electron chi connectivity index (χ1n) is 7.21. The number of alkyl halides is 3. The molecule has 0 saturated carbocycles. The fourth-order valence-electron chi connectivity index (χ4n) is 2.50. The second-order valence-electron chi connectivity index (χ2n) is 5.48. The van der Waals surface area contributed by atoms with Gasteiger partial charge in [-0.2, -0.15) is 13.2 Å². The molecule has 0 aliphatic carbocycles. The molecule has 1 atom stereocenters. The summed E-state index contributed by atoms with van der Waals surface area (Å²) in [7, 11) is 0. The average Bonchev–Trinajstić information content (AvgIpc) is 2.52. The molecule has 2 rings (SSSR count). The molecule has 7 heteroatoms. The summed E-state index contributed by atoms with van der Waals surface area (Å²) in [5.74, 6) is -1.15. The lowest BCUT2D eigenvalue weighted by Gasteiger charge is -2.30. The van der Waals surface area contributed by atoms with E-state index in [0.717, 1.165) is 12.1 Å². The molecule has 4 nitrogen and oxygen atoms in total. The number of halogens is 3. The van der Waals surface area contributed by atoms with Crippen LogP contribution < -0.4 is 5.73 Å². The van der Waals surface area contributed by atoms with Gasteiger partial charge in [0, 0.05) is 19.2 Å². The van der Waals surface area contributed by atoms with E-state index >= 15 is 0 Å². The molecule has 0 aromatic heterocycles. The average molecular weight is 326 g/mol. The van der Waals surface area contributed by atoms with E-state index in [9.17, 15) is 22.8 Å². The molecule has 2 amide bonds. The summed E-state index contributed by atoms with van der Waals surface area (Å²) in [6, 6.07) is 4.73. The Morgan fingerprint density at radius 2 is 2.04 bits per heavy atom. The second kappa shape index (κ2) is 6.85. The van der Waals surface area contributed by atoms with E-state index in [0.29, 0.717) is 19.4 Å². The molecule has 1 aromatic carbocycles. The molecule has 0 bridgehead atoms. The van der Waals surface area contributed by atoms with Gasteiger partial charge in [0.2, 0.25) is 11.8 Å². The van der Waals surface area contributed by atoms with E-state index in [1.807, 2.05) is 0 Å². The van der Waals surface area contributed by atoms with Gasteiger partial charge in [0.15, 0.2) is 0 Å². The van der Waals surface area contributed by atoms with Crippen molar-refractivity contribution < 1.29 is 22.8 Å². The van der Waals surface area contributed by atoms with E-state index in [-0.39, 0.29) is 23.9 Å². The number of amides is 2. The molecule has 23 heavy (non-hydrogen) atoms. The van der Waals surface area contributed by atoms with Gasteiger partial charge in [-0.05, 0) is 36.6 Å². The minimum Gasteiger partial charge on any atom is -0.369 e. The topological polar surface area (TPSA) is 63.4 Å². The summed E-state index contributed by atoms with van der Waals surface area (Å²) >= 11 is 0. The molecule has 124 valence electrons. The summed E-state index contributed by atoms with van der Waals surface area (Å²) in [6.45, 7) is 0.761. The van der Waals surface area contributed by atoms with Gasteiger partial charge in [0.25, 0.3) is 0 Å². The van der Waals surface area contributed by atoms with E-state index < -0.39 is 17.6 Å². The number of carbonyl (C=O) groups excluding carboxylic acids is 2. The summed E-state index contributed by atoms with van der Waals surface area (Å²) in [6.07, 6.45) is -0.535. The lowest BCUT2D eigenvalue weighted by Crippen LogP contribution is -2.43. The van der Waals surface area contributed by atoms with Crippen LogP contribution in [0, 0.1) is 5.92 Å². The first kappa shape index (κ1) is 17.1. The Balaban J connectivity index is 2.05. The van der Waals surface area contributed by atoms with Gasteiger partial charge < -0.3 is 10.6 Å². The zero-order chi connectivity index (χ0) is 17.0. The van der Waals surface area contributed by atoms with Crippen molar-refractivity contribution in [3.63, 3.8) is 0 Å². The molecule has 2 N–H and O–H groups in total. The predicted octanol–water partition coefficient (Wildman–Crippen LogP) is 2.44. The quantitative estimate of drug-likeness (QED) is 0.867. The van der Waals surface area contributed by atoms with Crippen LogP contribution in [0.5, 0.6) is 0 Å². The van der Waals surface area contributed by atoms with Crippen LogP contribution in [-0.4, -0.2) is 29.8 Å². The van der Waals surface area contributed by atoms with Crippen molar-refractivity contribution in [2.45, 2.75) is 19.0 Å². The summed E-state index contributed by atoms with van der Waals surface area (Å²) in [5.41, 5.74) is 4.77. The number of hydrogen-bond acceptors (Lipinski definition) is 2. The summed E-state index contributed by atoms with van der Waals surface area (Å²) in [5, 5.41) is 0. The van der Waals surface area contributed by atoms with Gasteiger partial charge in [-0.1, -0.05) is 12.1 Å². The normalized spacial score (nSPS) is 19.1. The van der Waals surface area contributed by atoms with E-state index in [1.54, 1.807) is 0 Å². The van der Waals surface area contributed by atoms with Gasteiger partial charge in [0.05, 0.1) is 11.5 Å². The first-order valence-corrected chi connectivity index (χ1v) is 7.21. The van der Waals surface area contributed by atoms with Crippen LogP contribution in [0.15, 0.2) is 30.3 Å². The highest BCUT2D eigenvalue weighted by Gasteiger charge is 2.30. The standard InChI is InChI=1S/C16H17F3N2O2/c17-16(18,19)13-5-1-3-11(9-13)6-7-14(22)21-8-2-4-12(10-21)15(20)23/h1,3,5-7,9,12H,2,4,8,10H2,(H2,20,23)/b7-6+/t12-/m1/s1. The monoisotopic (exact) mass is 326 g/mol. The van der Waals surface area contributed by atoms with Crippen molar-refractivity contribution in [1.29, 1.82) is 0 Å². The molecule has 1 aliphatic rings. The second-order valence-corrected chi connectivity index (χ2v) is 5.48. The minimum atomic E-state index is -4.42. The van der Waals surface area contributed by atoms with Gasteiger partial charge in [-0.25, -0.2) is 0 Å². The Kier molecular flexibility index (Phi) is 5.08. The van der Waals surface area contributed by atoms with Crippen LogP contribution in [0.4, 0.5) is 13.2 Å². The molecule has 1 heterocycles. The Hall–Kier alpha value is -2.31. The molecule has 1 saturated heterocycles. The molecular weight excluding hydrogens is 309 g/mol. The lowest BCUT2D eigenvalue weighted by atomic mass is 9.97. The predicted molar refractivity (Wildman–Crippen MR) is 79.0 cm³/mol. The highest BCUT2D eigenvalue weighted by atomic mass is 19.4. The summed E-state index contributed by atoms with van der Waals surface area (Å²) in [4.78, 5) is 24.8. The van der Waals surface area contributed by atoms with Crippen LogP contribution in [0.2, 0.25) is 0 Å². The third kappa shape index (κ3) is 4.58. The van der Waals surface area contributed by atoms with Gasteiger partial charge >= 0.3 is 6.18 Å². The third-order valence-corrected chi connectivity index (χ3v) is 3.77. The maximum atomic E-state index is 12.6. The number of primary amides is 1. The van der Waals surface area contributed by atoms with E-state index in [1.165, 1.54) is 29.2 Å². The first-order chi connectivity index (χ1) is 10.8. The van der Waals surface area contributed by atoms with Crippen molar-refractivity contribution in [2.75, 3.05) is 13.1 Å². The molecule has 0 radical (unpaired) electrons. The molecular formula is C16H17F3N2O2. The number of carbonyl (C=O) groups is 2. The van der Waals surface area contributed by atoms with Crippen LogP contribution >= 0.6 is 0 Å². The highest BCUT2D eigenvalue weighted by Crippen LogP contribution is 2.29. The smallest absolute Gasteiger partial charge is 0.369 e. The minimum absolute atomic E-state index is 0.251. The molecule has 0 spiro atoms. The van der Waals surface area contributed by atoms with Crippen molar-refractivity contribution >= 4 is 17.9 Å². The van der Waals surface area contributed by atoms with Gasteiger partial charge in [-0.15, -0.1) is 0 Å².